The molecule has 0 spiro atoms. The third kappa shape index (κ3) is 4.12. The largest absolute Gasteiger partial charge is 0.387 e. The number of nitrogens with zero attached hydrogens (tertiary/aromatic N) is 2. The summed E-state index contributed by atoms with van der Waals surface area (Å²) in [5.74, 6) is -1.42. The smallest absolute Gasteiger partial charge is 0.314 e. The first kappa shape index (κ1) is 15.7. The summed E-state index contributed by atoms with van der Waals surface area (Å²) < 4.78 is 26.5. The van der Waals surface area contributed by atoms with Gasteiger partial charge in [-0.25, -0.2) is 13.6 Å². The van der Waals surface area contributed by atoms with Crippen LogP contribution >= 0.6 is 0 Å². The van der Waals surface area contributed by atoms with E-state index in [1.54, 1.807) is 4.90 Å². The van der Waals surface area contributed by atoms with E-state index in [9.17, 15) is 18.7 Å². The van der Waals surface area contributed by atoms with Crippen LogP contribution in [-0.2, 0) is 0 Å². The van der Waals surface area contributed by atoms with E-state index < -0.39 is 23.8 Å². The zero-order chi connectivity index (χ0) is 15.4. The maximum Gasteiger partial charge on any atom is 0.314 e. The van der Waals surface area contributed by atoms with Crippen molar-refractivity contribution < 1.29 is 18.7 Å². The minimum Gasteiger partial charge on any atom is -0.387 e. The summed E-state index contributed by atoms with van der Waals surface area (Å²) in [7, 11) is 0. The first-order chi connectivity index (χ1) is 9.97. The van der Waals surface area contributed by atoms with E-state index in [0.717, 1.165) is 18.6 Å². The predicted octanol–water partition coefficient (Wildman–Crippen LogP) is 1.08. The average molecular weight is 299 g/mol. The van der Waals surface area contributed by atoms with Crippen LogP contribution in [0.4, 0.5) is 13.6 Å². The number of amides is 2. The van der Waals surface area contributed by atoms with Gasteiger partial charge in [0.15, 0.2) is 0 Å². The molecule has 0 aliphatic carbocycles. The number of carbonyl (C=O) groups is 1. The van der Waals surface area contributed by atoms with Crippen LogP contribution in [0.1, 0.15) is 18.1 Å². The number of halogens is 2. The molecule has 0 aromatic heterocycles. The lowest BCUT2D eigenvalue weighted by atomic mass is 10.1. The van der Waals surface area contributed by atoms with Crippen LogP contribution in [0.2, 0.25) is 0 Å². The molecule has 1 atom stereocenters. The lowest BCUT2D eigenvalue weighted by Crippen LogP contribution is -2.39. The minimum absolute atomic E-state index is 0.0763. The molecule has 2 amide bonds. The van der Waals surface area contributed by atoms with Crippen molar-refractivity contribution in [3.63, 3.8) is 0 Å². The number of benzene rings is 1. The number of carbonyl (C=O) groups excluding carboxylic acids is 1. The van der Waals surface area contributed by atoms with Gasteiger partial charge in [-0.05, 0) is 12.5 Å². The third-order valence-electron chi connectivity index (χ3n) is 3.65. The highest BCUT2D eigenvalue weighted by atomic mass is 19.1. The zero-order valence-electron chi connectivity index (χ0n) is 11.6. The fourth-order valence-electron chi connectivity index (χ4n) is 2.49. The zero-order valence-corrected chi connectivity index (χ0v) is 11.6. The summed E-state index contributed by atoms with van der Waals surface area (Å²) in [5.41, 5.74) is 5.32. The number of aliphatic hydroxyl groups is 1. The summed E-state index contributed by atoms with van der Waals surface area (Å²) in [4.78, 5) is 14.6. The Morgan fingerprint density at radius 3 is 2.71 bits per heavy atom. The molecule has 1 unspecified atom stereocenters. The van der Waals surface area contributed by atoms with Crippen molar-refractivity contribution >= 4 is 6.03 Å². The molecule has 1 aliphatic heterocycles. The fourth-order valence-corrected chi connectivity index (χ4v) is 2.49. The van der Waals surface area contributed by atoms with Gasteiger partial charge in [0.2, 0.25) is 0 Å². The normalized spacial score (nSPS) is 18.3. The predicted molar refractivity (Wildman–Crippen MR) is 73.5 cm³/mol. The summed E-state index contributed by atoms with van der Waals surface area (Å²) in [6.07, 6.45) is -0.299. The first-order valence-electron chi connectivity index (χ1n) is 6.87. The Morgan fingerprint density at radius 1 is 1.29 bits per heavy atom. The fraction of sp³-hybridized carbons (Fsp3) is 0.500. The average Bonchev–Trinajstić information content (AvgIpc) is 2.64. The second kappa shape index (κ2) is 6.82. The molecule has 0 saturated carbocycles. The van der Waals surface area contributed by atoms with Gasteiger partial charge in [-0.3, -0.25) is 4.90 Å². The Labute approximate surface area is 121 Å². The van der Waals surface area contributed by atoms with Crippen LogP contribution in [0, 0.1) is 11.6 Å². The number of hydrogen-bond acceptors (Lipinski definition) is 3. The molecular formula is C14H19F2N3O2. The van der Waals surface area contributed by atoms with Crippen LogP contribution in [0.15, 0.2) is 18.2 Å². The second-order valence-corrected chi connectivity index (χ2v) is 5.16. The maximum atomic E-state index is 13.6. The number of primary amides is 1. The molecular weight excluding hydrogens is 280 g/mol. The number of nitrogens with two attached hydrogens (primary N) is 1. The Bertz CT molecular complexity index is 513. The number of aliphatic hydroxyl groups excluding tert-OH is 1. The quantitative estimate of drug-likeness (QED) is 0.877. The molecule has 116 valence electrons. The SMILES string of the molecule is NC(=O)N1CCCN(CC(O)c2ccc(F)cc2F)CC1. The van der Waals surface area contributed by atoms with Crippen molar-refractivity contribution in [3.8, 4) is 0 Å². The molecule has 1 heterocycles. The van der Waals surface area contributed by atoms with Gasteiger partial charge >= 0.3 is 6.03 Å². The Kier molecular flexibility index (Phi) is 5.08. The Hall–Kier alpha value is -1.73. The molecule has 0 bridgehead atoms. The van der Waals surface area contributed by atoms with Crippen molar-refractivity contribution in [3.05, 3.63) is 35.4 Å². The maximum absolute atomic E-state index is 13.6. The van der Waals surface area contributed by atoms with Gasteiger partial charge < -0.3 is 15.7 Å². The van der Waals surface area contributed by atoms with E-state index in [2.05, 4.69) is 0 Å². The van der Waals surface area contributed by atoms with Gasteiger partial charge in [0.1, 0.15) is 11.6 Å². The highest BCUT2D eigenvalue weighted by Gasteiger charge is 2.21. The Balaban J connectivity index is 1.96. The summed E-state index contributed by atoms with van der Waals surface area (Å²) in [6.45, 7) is 2.53. The van der Waals surface area contributed by atoms with E-state index in [-0.39, 0.29) is 12.1 Å². The number of urea groups is 1. The standard InChI is InChI=1S/C14H19F2N3O2/c15-10-2-3-11(12(16)8-10)13(20)9-18-4-1-5-19(7-6-18)14(17)21/h2-3,8,13,20H,1,4-7,9H2,(H2,17,21). The molecule has 1 aromatic rings. The van der Waals surface area contributed by atoms with Gasteiger partial charge in [-0.1, -0.05) is 6.07 Å². The van der Waals surface area contributed by atoms with Crippen LogP contribution in [0.5, 0.6) is 0 Å². The minimum atomic E-state index is -1.04. The lowest BCUT2D eigenvalue weighted by molar-refractivity contribution is 0.112. The monoisotopic (exact) mass is 299 g/mol. The lowest BCUT2D eigenvalue weighted by Gasteiger charge is -2.24. The second-order valence-electron chi connectivity index (χ2n) is 5.16. The van der Waals surface area contributed by atoms with E-state index in [4.69, 9.17) is 5.73 Å². The van der Waals surface area contributed by atoms with Crippen molar-refractivity contribution in [2.24, 2.45) is 5.73 Å². The van der Waals surface area contributed by atoms with Crippen LogP contribution in [-0.4, -0.2) is 53.7 Å². The summed E-state index contributed by atoms with van der Waals surface area (Å²) in [5, 5.41) is 10.1. The summed E-state index contributed by atoms with van der Waals surface area (Å²) in [6, 6.07) is 2.68. The van der Waals surface area contributed by atoms with Crippen LogP contribution in [0.25, 0.3) is 0 Å². The van der Waals surface area contributed by atoms with Crippen LogP contribution in [0.3, 0.4) is 0 Å². The topological polar surface area (TPSA) is 69.8 Å². The highest BCUT2D eigenvalue weighted by molar-refractivity contribution is 5.71. The van der Waals surface area contributed by atoms with Gasteiger partial charge in [0.25, 0.3) is 0 Å². The molecule has 5 nitrogen and oxygen atoms in total. The Morgan fingerprint density at radius 2 is 2.05 bits per heavy atom. The molecule has 1 saturated heterocycles. The van der Waals surface area contributed by atoms with Crippen molar-refractivity contribution in [2.75, 3.05) is 32.7 Å². The number of hydrogen-bond donors (Lipinski definition) is 2. The first-order valence-corrected chi connectivity index (χ1v) is 6.87. The number of β-amino-alcohol motifs (C(OH)–C–C–N with tert-alkyl or cyclic N) is 1. The summed E-state index contributed by atoms with van der Waals surface area (Å²) >= 11 is 0. The third-order valence-corrected chi connectivity index (χ3v) is 3.65. The van der Waals surface area contributed by atoms with Crippen molar-refractivity contribution in [1.82, 2.24) is 9.80 Å². The van der Waals surface area contributed by atoms with E-state index in [1.807, 2.05) is 4.90 Å². The van der Waals surface area contributed by atoms with Gasteiger partial charge in [0, 0.05) is 44.4 Å². The van der Waals surface area contributed by atoms with Crippen molar-refractivity contribution in [1.29, 1.82) is 0 Å². The number of rotatable bonds is 3. The van der Waals surface area contributed by atoms with E-state index >= 15 is 0 Å². The molecule has 1 fully saturated rings. The van der Waals surface area contributed by atoms with Gasteiger partial charge in [-0.2, -0.15) is 0 Å². The van der Waals surface area contributed by atoms with Crippen LogP contribution < -0.4 is 5.73 Å². The van der Waals surface area contributed by atoms with E-state index in [0.29, 0.717) is 26.2 Å². The van der Waals surface area contributed by atoms with E-state index in [1.165, 1.54) is 6.07 Å². The highest BCUT2D eigenvalue weighted by Crippen LogP contribution is 2.19. The molecule has 1 aromatic carbocycles. The van der Waals surface area contributed by atoms with Gasteiger partial charge in [0.05, 0.1) is 6.10 Å². The van der Waals surface area contributed by atoms with Crippen molar-refractivity contribution in [2.45, 2.75) is 12.5 Å². The molecule has 7 heteroatoms. The molecule has 1 aliphatic rings. The molecule has 21 heavy (non-hydrogen) atoms. The molecule has 3 N–H and O–H groups in total. The van der Waals surface area contributed by atoms with Gasteiger partial charge in [-0.15, -0.1) is 0 Å². The molecule has 0 radical (unpaired) electrons. The molecule has 2 rings (SSSR count).